The van der Waals surface area contributed by atoms with E-state index in [1.807, 2.05) is 0 Å². The van der Waals surface area contributed by atoms with Crippen molar-refractivity contribution in [3.05, 3.63) is 0 Å². The minimum Gasteiger partial charge on any atom is -0.315 e. The van der Waals surface area contributed by atoms with Gasteiger partial charge in [-0.15, -0.1) is 0 Å². The average molecular weight is 256 g/mol. The molecule has 0 unspecified atom stereocenters. The van der Waals surface area contributed by atoms with E-state index >= 15 is 0 Å². The first-order chi connectivity index (χ1) is 8.27. The van der Waals surface area contributed by atoms with Crippen LogP contribution in [0.15, 0.2) is 0 Å². The minimum absolute atomic E-state index is 0.626. The molecule has 0 aromatic rings. The summed E-state index contributed by atoms with van der Waals surface area (Å²) in [4.78, 5) is 2.67. The van der Waals surface area contributed by atoms with E-state index in [9.17, 15) is 0 Å². The summed E-state index contributed by atoms with van der Waals surface area (Å²) in [6, 6.07) is 1.31. The number of hydrogen-bond acceptors (Lipinski definition) is 2. The van der Waals surface area contributed by atoms with Crippen molar-refractivity contribution in [2.24, 2.45) is 17.8 Å². The van der Waals surface area contributed by atoms with Crippen LogP contribution < -0.4 is 5.32 Å². The Balaban J connectivity index is 4.36. The molecule has 0 saturated heterocycles. The fraction of sp³-hybridized carbons (Fsp3) is 1.00. The summed E-state index contributed by atoms with van der Waals surface area (Å²) in [6.45, 7) is 21.9. The van der Waals surface area contributed by atoms with Crippen LogP contribution in [0, 0.1) is 17.8 Å². The fourth-order valence-electron chi connectivity index (χ4n) is 2.89. The molecule has 0 spiro atoms. The van der Waals surface area contributed by atoms with Crippen LogP contribution in [0.1, 0.15) is 55.4 Å². The second kappa shape index (κ2) is 8.92. The van der Waals surface area contributed by atoms with Crippen LogP contribution in [0.4, 0.5) is 0 Å². The highest BCUT2D eigenvalue weighted by molar-refractivity contribution is 4.80. The highest BCUT2D eigenvalue weighted by Crippen LogP contribution is 2.21. The Labute approximate surface area is 116 Å². The predicted molar refractivity (Wildman–Crippen MR) is 83.0 cm³/mol. The van der Waals surface area contributed by atoms with Gasteiger partial charge in [0.25, 0.3) is 0 Å². The monoisotopic (exact) mass is 256 g/mol. The number of nitrogens with one attached hydrogen (secondary N) is 1. The topological polar surface area (TPSA) is 15.3 Å². The molecule has 2 heteroatoms. The lowest BCUT2D eigenvalue weighted by molar-refractivity contribution is 0.0841. The molecule has 0 aliphatic rings. The van der Waals surface area contributed by atoms with Gasteiger partial charge >= 0.3 is 0 Å². The Morgan fingerprint density at radius 1 is 0.833 bits per heavy atom. The molecule has 1 N–H and O–H groups in total. The third-order valence-electron chi connectivity index (χ3n) is 3.51. The Hall–Kier alpha value is -0.0800. The lowest BCUT2D eigenvalue weighted by Gasteiger charge is -2.40. The summed E-state index contributed by atoms with van der Waals surface area (Å²) in [5.74, 6) is 2.18. The van der Waals surface area contributed by atoms with Crippen LogP contribution in [-0.4, -0.2) is 36.6 Å². The third kappa shape index (κ3) is 6.75. The number of rotatable bonds is 9. The fourth-order valence-corrected chi connectivity index (χ4v) is 2.89. The molecule has 0 bridgehead atoms. The molecule has 0 rings (SSSR count). The van der Waals surface area contributed by atoms with Crippen molar-refractivity contribution in [1.29, 1.82) is 0 Å². The molecule has 110 valence electrons. The highest BCUT2D eigenvalue weighted by Gasteiger charge is 2.26. The molecular weight excluding hydrogens is 220 g/mol. The first-order valence-electron chi connectivity index (χ1n) is 7.73. The van der Waals surface area contributed by atoms with Crippen LogP contribution in [0.2, 0.25) is 0 Å². The molecule has 0 saturated carbocycles. The van der Waals surface area contributed by atoms with Crippen molar-refractivity contribution in [2.75, 3.05) is 19.6 Å². The summed E-state index contributed by atoms with van der Waals surface area (Å²) >= 11 is 0. The summed E-state index contributed by atoms with van der Waals surface area (Å²) < 4.78 is 0. The van der Waals surface area contributed by atoms with E-state index in [1.165, 1.54) is 0 Å². The normalized spacial score (nSPS) is 13.0. The van der Waals surface area contributed by atoms with Crippen LogP contribution in [0.25, 0.3) is 0 Å². The summed E-state index contributed by atoms with van der Waals surface area (Å²) in [6.07, 6.45) is 0. The minimum atomic E-state index is 0.626. The van der Waals surface area contributed by atoms with Gasteiger partial charge in [0, 0.05) is 25.2 Å². The molecule has 0 fully saturated rings. The molecule has 0 aromatic carbocycles. The third-order valence-corrected chi connectivity index (χ3v) is 3.51. The lowest BCUT2D eigenvalue weighted by Crippen LogP contribution is -2.49. The summed E-state index contributed by atoms with van der Waals surface area (Å²) in [5.41, 5.74) is 0. The molecule has 2 nitrogen and oxygen atoms in total. The van der Waals surface area contributed by atoms with E-state index in [1.54, 1.807) is 0 Å². The summed E-state index contributed by atoms with van der Waals surface area (Å²) in [5, 5.41) is 3.56. The molecule has 0 aromatic heterocycles. The second-order valence-electron chi connectivity index (χ2n) is 6.91. The van der Waals surface area contributed by atoms with Gasteiger partial charge in [0.1, 0.15) is 0 Å². The van der Waals surface area contributed by atoms with Crippen molar-refractivity contribution in [3.63, 3.8) is 0 Å². The van der Waals surface area contributed by atoms with E-state index in [2.05, 4.69) is 65.6 Å². The molecule has 18 heavy (non-hydrogen) atoms. The second-order valence-corrected chi connectivity index (χ2v) is 6.91. The predicted octanol–water partition coefficient (Wildman–Crippen LogP) is 3.62. The van der Waals surface area contributed by atoms with Gasteiger partial charge < -0.3 is 5.32 Å². The SMILES string of the molecule is CC(C)CNCCN(C(C)C)C(C(C)C)C(C)C. The molecule has 0 heterocycles. The summed E-state index contributed by atoms with van der Waals surface area (Å²) in [7, 11) is 0. The van der Waals surface area contributed by atoms with Crippen LogP contribution in [-0.2, 0) is 0 Å². The molecule has 0 atom stereocenters. The van der Waals surface area contributed by atoms with E-state index in [0.717, 1.165) is 37.4 Å². The van der Waals surface area contributed by atoms with E-state index < -0.39 is 0 Å². The molecular formula is C16H36N2. The number of nitrogens with zero attached hydrogens (tertiary/aromatic N) is 1. The van der Waals surface area contributed by atoms with Crippen molar-refractivity contribution in [3.8, 4) is 0 Å². The molecule has 0 amide bonds. The van der Waals surface area contributed by atoms with Crippen molar-refractivity contribution in [1.82, 2.24) is 10.2 Å². The van der Waals surface area contributed by atoms with Gasteiger partial charge in [-0.2, -0.15) is 0 Å². The zero-order valence-electron chi connectivity index (χ0n) is 14.0. The van der Waals surface area contributed by atoms with Gasteiger partial charge in [-0.1, -0.05) is 41.5 Å². The number of hydrogen-bond donors (Lipinski definition) is 1. The first-order valence-corrected chi connectivity index (χ1v) is 7.73. The lowest BCUT2D eigenvalue weighted by atomic mass is 9.90. The van der Waals surface area contributed by atoms with Crippen molar-refractivity contribution < 1.29 is 0 Å². The Morgan fingerprint density at radius 2 is 1.33 bits per heavy atom. The zero-order chi connectivity index (χ0) is 14.3. The first kappa shape index (κ1) is 17.9. The molecule has 0 aliphatic heterocycles. The maximum Gasteiger partial charge on any atom is 0.0144 e. The van der Waals surface area contributed by atoms with Gasteiger partial charge in [0.2, 0.25) is 0 Å². The van der Waals surface area contributed by atoms with Gasteiger partial charge in [-0.3, -0.25) is 4.90 Å². The Kier molecular flexibility index (Phi) is 8.89. The maximum atomic E-state index is 3.56. The standard InChI is InChI=1S/C16H36N2/c1-12(2)11-17-9-10-18(15(7)8)16(13(3)4)14(5)6/h12-17H,9-11H2,1-8H3. The van der Waals surface area contributed by atoms with Crippen molar-refractivity contribution >= 4 is 0 Å². The van der Waals surface area contributed by atoms with Crippen molar-refractivity contribution in [2.45, 2.75) is 67.5 Å². The molecule has 0 radical (unpaired) electrons. The maximum absolute atomic E-state index is 3.56. The van der Waals surface area contributed by atoms with Crippen LogP contribution >= 0.6 is 0 Å². The van der Waals surface area contributed by atoms with Crippen LogP contribution in [0.3, 0.4) is 0 Å². The Morgan fingerprint density at radius 3 is 1.67 bits per heavy atom. The van der Waals surface area contributed by atoms with Gasteiger partial charge in [0.15, 0.2) is 0 Å². The average Bonchev–Trinajstić information content (AvgIpc) is 2.20. The molecule has 0 aliphatic carbocycles. The zero-order valence-corrected chi connectivity index (χ0v) is 14.0. The highest BCUT2D eigenvalue weighted by atomic mass is 15.2. The van der Waals surface area contributed by atoms with E-state index in [0.29, 0.717) is 12.1 Å². The van der Waals surface area contributed by atoms with Gasteiger partial charge in [-0.05, 0) is 38.1 Å². The van der Waals surface area contributed by atoms with E-state index in [4.69, 9.17) is 0 Å². The van der Waals surface area contributed by atoms with Gasteiger partial charge in [-0.25, -0.2) is 0 Å². The van der Waals surface area contributed by atoms with Crippen LogP contribution in [0.5, 0.6) is 0 Å². The van der Waals surface area contributed by atoms with E-state index in [-0.39, 0.29) is 0 Å². The Bertz CT molecular complexity index is 189. The quantitative estimate of drug-likeness (QED) is 0.634. The van der Waals surface area contributed by atoms with Gasteiger partial charge in [0.05, 0.1) is 0 Å². The smallest absolute Gasteiger partial charge is 0.0144 e. The largest absolute Gasteiger partial charge is 0.315 e.